The molecule has 1 rings (SSSR count). The van der Waals surface area contributed by atoms with Crippen LogP contribution in [0.5, 0.6) is 5.75 Å². The second-order valence-electron chi connectivity index (χ2n) is 5.24. The van der Waals surface area contributed by atoms with Crippen molar-refractivity contribution >= 4 is 0 Å². The summed E-state index contributed by atoms with van der Waals surface area (Å²) in [6.45, 7) is 9.63. The van der Waals surface area contributed by atoms with E-state index >= 15 is 0 Å². The van der Waals surface area contributed by atoms with Crippen LogP contribution in [-0.2, 0) is 6.42 Å². The van der Waals surface area contributed by atoms with Crippen molar-refractivity contribution in [1.82, 2.24) is 5.32 Å². The number of hydrogen-bond acceptors (Lipinski definition) is 2. The maximum Gasteiger partial charge on any atom is 0.122 e. The topological polar surface area (TPSA) is 21.3 Å². The van der Waals surface area contributed by atoms with Crippen molar-refractivity contribution in [2.45, 2.75) is 39.7 Å². The quantitative estimate of drug-likeness (QED) is 0.844. The van der Waals surface area contributed by atoms with Gasteiger partial charge in [-0.1, -0.05) is 17.7 Å². The van der Waals surface area contributed by atoms with Gasteiger partial charge < -0.3 is 10.1 Å². The zero-order chi connectivity index (χ0) is 12.2. The van der Waals surface area contributed by atoms with E-state index in [9.17, 15) is 0 Å². The minimum absolute atomic E-state index is 0.178. The molecule has 16 heavy (non-hydrogen) atoms. The van der Waals surface area contributed by atoms with E-state index in [0.717, 1.165) is 18.7 Å². The summed E-state index contributed by atoms with van der Waals surface area (Å²) in [6, 6.07) is 6.32. The summed E-state index contributed by atoms with van der Waals surface area (Å²) in [6.07, 6.45) is 1.00. The number of nitrogens with one attached hydrogen (secondary N) is 1. The highest BCUT2D eigenvalue weighted by atomic mass is 16.5. The molecule has 0 spiro atoms. The SMILES string of the molecule is COc1ccc(C)cc1CCNC(C)(C)C. The van der Waals surface area contributed by atoms with Crippen LogP contribution in [0.15, 0.2) is 18.2 Å². The van der Waals surface area contributed by atoms with Gasteiger partial charge in [-0.3, -0.25) is 0 Å². The predicted molar refractivity (Wildman–Crippen MR) is 69.2 cm³/mol. The molecule has 0 bridgehead atoms. The molecule has 0 unspecified atom stereocenters. The van der Waals surface area contributed by atoms with E-state index in [1.54, 1.807) is 7.11 Å². The van der Waals surface area contributed by atoms with Gasteiger partial charge in [-0.2, -0.15) is 0 Å². The molecule has 0 amide bonds. The Labute approximate surface area is 99.0 Å². The van der Waals surface area contributed by atoms with Crippen LogP contribution < -0.4 is 10.1 Å². The fourth-order valence-electron chi connectivity index (χ4n) is 1.67. The Balaban J connectivity index is 2.62. The summed E-state index contributed by atoms with van der Waals surface area (Å²) < 4.78 is 5.36. The second kappa shape index (κ2) is 5.35. The first-order valence-electron chi connectivity index (χ1n) is 5.81. The van der Waals surface area contributed by atoms with Crippen molar-refractivity contribution in [1.29, 1.82) is 0 Å². The van der Waals surface area contributed by atoms with E-state index in [1.807, 2.05) is 6.07 Å². The fraction of sp³-hybridized carbons (Fsp3) is 0.571. The van der Waals surface area contributed by atoms with Gasteiger partial charge >= 0.3 is 0 Å². The highest BCUT2D eigenvalue weighted by molar-refractivity contribution is 5.37. The Bertz CT molecular complexity index is 339. The van der Waals surface area contributed by atoms with E-state index in [4.69, 9.17) is 4.74 Å². The van der Waals surface area contributed by atoms with Crippen LogP contribution in [0.25, 0.3) is 0 Å². The van der Waals surface area contributed by atoms with E-state index in [2.05, 4.69) is 45.1 Å². The average Bonchev–Trinajstić information content (AvgIpc) is 2.16. The molecule has 0 saturated heterocycles. The van der Waals surface area contributed by atoms with Crippen molar-refractivity contribution in [2.24, 2.45) is 0 Å². The van der Waals surface area contributed by atoms with Gasteiger partial charge in [-0.05, 0) is 52.3 Å². The van der Waals surface area contributed by atoms with Crippen LogP contribution >= 0.6 is 0 Å². The molecule has 0 heterocycles. The Kier molecular flexibility index (Phi) is 4.36. The molecule has 1 N–H and O–H groups in total. The molecular formula is C14H23NO. The number of methoxy groups -OCH3 is 1. The predicted octanol–water partition coefficient (Wildman–Crippen LogP) is 2.93. The van der Waals surface area contributed by atoms with Gasteiger partial charge in [-0.25, -0.2) is 0 Å². The number of benzene rings is 1. The molecule has 90 valence electrons. The van der Waals surface area contributed by atoms with E-state index in [1.165, 1.54) is 11.1 Å². The highest BCUT2D eigenvalue weighted by Gasteiger charge is 2.09. The summed E-state index contributed by atoms with van der Waals surface area (Å²) in [4.78, 5) is 0. The molecule has 0 aliphatic heterocycles. The average molecular weight is 221 g/mol. The second-order valence-corrected chi connectivity index (χ2v) is 5.24. The lowest BCUT2D eigenvalue weighted by Crippen LogP contribution is -2.37. The molecule has 0 aliphatic carbocycles. The normalized spacial score (nSPS) is 11.6. The van der Waals surface area contributed by atoms with Crippen molar-refractivity contribution in [2.75, 3.05) is 13.7 Å². The smallest absolute Gasteiger partial charge is 0.122 e. The van der Waals surface area contributed by atoms with Gasteiger partial charge in [0.2, 0.25) is 0 Å². The molecular weight excluding hydrogens is 198 g/mol. The molecule has 0 radical (unpaired) electrons. The Morgan fingerprint density at radius 3 is 2.50 bits per heavy atom. The first-order chi connectivity index (χ1) is 7.42. The lowest BCUT2D eigenvalue weighted by molar-refractivity contribution is 0.402. The highest BCUT2D eigenvalue weighted by Crippen LogP contribution is 2.19. The Morgan fingerprint density at radius 1 is 1.25 bits per heavy atom. The van der Waals surface area contributed by atoms with Gasteiger partial charge in [0.15, 0.2) is 0 Å². The molecule has 1 aromatic rings. The standard InChI is InChI=1S/C14H23NO/c1-11-6-7-13(16-5)12(10-11)8-9-15-14(2,3)4/h6-7,10,15H,8-9H2,1-5H3. The minimum atomic E-state index is 0.178. The van der Waals surface area contributed by atoms with Crippen LogP contribution in [0, 0.1) is 6.92 Å². The zero-order valence-corrected chi connectivity index (χ0v) is 11.1. The van der Waals surface area contributed by atoms with E-state index in [0.29, 0.717) is 0 Å². The Morgan fingerprint density at radius 2 is 1.94 bits per heavy atom. The number of ether oxygens (including phenoxy) is 1. The van der Waals surface area contributed by atoms with E-state index in [-0.39, 0.29) is 5.54 Å². The van der Waals surface area contributed by atoms with E-state index < -0.39 is 0 Å². The molecule has 0 atom stereocenters. The number of aryl methyl sites for hydroxylation is 1. The van der Waals surface area contributed by atoms with Gasteiger partial charge in [0, 0.05) is 5.54 Å². The number of rotatable bonds is 4. The molecule has 2 nitrogen and oxygen atoms in total. The molecule has 1 aromatic carbocycles. The third-order valence-electron chi connectivity index (χ3n) is 2.49. The number of hydrogen-bond donors (Lipinski definition) is 1. The third-order valence-corrected chi connectivity index (χ3v) is 2.49. The largest absolute Gasteiger partial charge is 0.496 e. The van der Waals surface area contributed by atoms with Crippen molar-refractivity contribution < 1.29 is 4.74 Å². The summed E-state index contributed by atoms with van der Waals surface area (Å²) in [5.41, 5.74) is 2.74. The first kappa shape index (κ1) is 13.0. The maximum atomic E-state index is 5.36. The van der Waals surface area contributed by atoms with Crippen LogP contribution in [0.2, 0.25) is 0 Å². The molecule has 0 saturated carbocycles. The summed E-state index contributed by atoms with van der Waals surface area (Å²) in [7, 11) is 1.73. The monoisotopic (exact) mass is 221 g/mol. The molecule has 0 fully saturated rings. The third kappa shape index (κ3) is 4.23. The lowest BCUT2D eigenvalue weighted by atomic mass is 10.1. The molecule has 2 heteroatoms. The summed E-state index contributed by atoms with van der Waals surface area (Å²) >= 11 is 0. The van der Waals surface area contributed by atoms with Gasteiger partial charge in [-0.15, -0.1) is 0 Å². The lowest BCUT2D eigenvalue weighted by Gasteiger charge is -2.20. The van der Waals surface area contributed by atoms with Crippen molar-refractivity contribution in [3.05, 3.63) is 29.3 Å². The minimum Gasteiger partial charge on any atom is -0.496 e. The van der Waals surface area contributed by atoms with Gasteiger partial charge in [0.25, 0.3) is 0 Å². The van der Waals surface area contributed by atoms with Crippen molar-refractivity contribution in [3.63, 3.8) is 0 Å². The van der Waals surface area contributed by atoms with Crippen molar-refractivity contribution in [3.8, 4) is 5.75 Å². The fourth-order valence-corrected chi connectivity index (χ4v) is 1.67. The van der Waals surface area contributed by atoms with Gasteiger partial charge in [0.1, 0.15) is 5.75 Å². The zero-order valence-electron chi connectivity index (χ0n) is 11.1. The van der Waals surface area contributed by atoms with Crippen LogP contribution in [0.3, 0.4) is 0 Å². The summed E-state index contributed by atoms with van der Waals surface area (Å²) in [5, 5.41) is 3.49. The maximum absolute atomic E-state index is 5.36. The molecule has 0 aromatic heterocycles. The van der Waals surface area contributed by atoms with Crippen LogP contribution in [0.1, 0.15) is 31.9 Å². The summed E-state index contributed by atoms with van der Waals surface area (Å²) in [5.74, 6) is 0.987. The molecule has 0 aliphatic rings. The first-order valence-corrected chi connectivity index (χ1v) is 5.81. The van der Waals surface area contributed by atoms with Gasteiger partial charge in [0.05, 0.1) is 7.11 Å². The van der Waals surface area contributed by atoms with Crippen LogP contribution in [-0.4, -0.2) is 19.2 Å². The Hall–Kier alpha value is -1.02. The van der Waals surface area contributed by atoms with Crippen LogP contribution in [0.4, 0.5) is 0 Å².